The van der Waals surface area contributed by atoms with Crippen LogP contribution in [0, 0.1) is 4.77 Å². The third-order valence-electron chi connectivity index (χ3n) is 5.15. The van der Waals surface area contributed by atoms with Crippen molar-refractivity contribution >= 4 is 23.7 Å². The molecule has 1 aromatic carbocycles. The van der Waals surface area contributed by atoms with Gasteiger partial charge in [0.15, 0.2) is 4.77 Å². The third-order valence-corrected chi connectivity index (χ3v) is 5.46. The largest absolute Gasteiger partial charge is 0.496 e. The molecule has 1 aliphatic rings. The van der Waals surface area contributed by atoms with Crippen LogP contribution in [0.25, 0.3) is 5.57 Å². The maximum absolute atomic E-state index is 12.7. The number of H-pyrrole nitrogens is 1. The number of para-hydroxylation sites is 1. The highest BCUT2D eigenvalue weighted by molar-refractivity contribution is 7.71. The molecule has 27 heavy (non-hydrogen) atoms. The fourth-order valence-electron chi connectivity index (χ4n) is 3.63. The van der Waals surface area contributed by atoms with E-state index in [2.05, 4.69) is 17.1 Å². The SMILES string of the molecule is CCn1c(C2CCN(C(=O)/C=C(/C)c3ccccc3OC)CC2)n[nH]c1=S. The molecular formula is C20H26N4O2S. The molecule has 1 fully saturated rings. The zero-order chi connectivity index (χ0) is 19.4. The number of methoxy groups -OCH3 is 1. The summed E-state index contributed by atoms with van der Waals surface area (Å²) < 4.78 is 8.11. The number of likely N-dealkylation sites (tertiary alicyclic amines) is 1. The second-order valence-corrected chi connectivity index (χ2v) is 7.15. The predicted octanol–water partition coefficient (Wildman–Crippen LogP) is 3.78. The molecule has 0 atom stereocenters. The highest BCUT2D eigenvalue weighted by Crippen LogP contribution is 2.28. The highest BCUT2D eigenvalue weighted by atomic mass is 32.1. The second-order valence-electron chi connectivity index (χ2n) is 6.76. The molecule has 144 valence electrons. The summed E-state index contributed by atoms with van der Waals surface area (Å²) in [6.07, 6.45) is 3.50. The minimum atomic E-state index is 0.0474. The van der Waals surface area contributed by atoms with Crippen LogP contribution in [0.5, 0.6) is 5.75 Å². The van der Waals surface area contributed by atoms with E-state index < -0.39 is 0 Å². The van der Waals surface area contributed by atoms with Gasteiger partial charge in [-0.1, -0.05) is 18.2 Å². The Kier molecular flexibility index (Phi) is 6.11. The van der Waals surface area contributed by atoms with Crippen molar-refractivity contribution in [2.75, 3.05) is 20.2 Å². The van der Waals surface area contributed by atoms with Crippen LogP contribution in [0.3, 0.4) is 0 Å². The van der Waals surface area contributed by atoms with Gasteiger partial charge in [0.05, 0.1) is 7.11 Å². The maximum atomic E-state index is 12.7. The number of hydrogen-bond donors (Lipinski definition) is 1. The molecule has 0 saturated carbocycles. The Morgan fingerprint density at radius 1 is 1.37 bits per heavy atom. The molecule has 1 aromatic heterocycles. The summed E-state index contributed by atoms with van der Waals surface area (Å²) in [5.41, 5.74) is 1.85. The quantitative estimate of drug-likeness (QED) is 0.627. The summed E-state index contributed by atoms with van der Waals surface area (Å²) in [6, 6.07) is 7.75. The number of nitrogens with one attached hydrogen (secondary N) is 1. The van der Waals surface area contributed by atoms with E-state index >= 15 is 0 Å². The number of hydrogen-bond acceptors (Lipinski definition) is 4. The summed E-state index contributed by atoms with van der Waals surface area (Å²) >= 11 is 5.28. The normalized spacial score (nSPS) is 15.8. The van der Waals surface area contributed by atoms with Crippen molar-refractivity contribution in [1.82, 2.24) is 19.7 Å². The van der Waals surface area contributed by atoms with Crippen LogP contribution in [0.4, 0.5) is 0 Å². The Balaban J connectivity index is 1.67. The lowest BCUT2D eigenvalue weighted by Crippen LogP contribution is -2.37. The molecule has 0 radical (unpaired) electrons. The van der Waals surface area contributed by atoms with Crippen LogP contribution >= 0.6 is 12.2 Å². The summed E-state index contributed by atoms with van der Waals surface area (Å²) in [4.78, 5) is 14.6. The van der Waals surface area contributed by atoms with Crippen molar-refractivity contribution in [3.8, 4) is 5.75 Å². The summed E-state index contributed by atoms with van der Waals surface area (Å²) in [5.74, 6) is 2.17. The molecule has 1 N–H and O–H groups in total. The fraction of sp³-hybridized carbons (Fsp3) is 0.450. The average molecular weight is 387 g/mol. The van der Waals surface area contributed by atoms with Gasteiger partial charge in [-0.2, -0.15) is 5.10 Å². The van der Waals surface area contributed by atoms with Gasteiger partial charge in [-0.05, 0) is 50.5 Å². The van der Waals surface area contributed by atoms with Gasteiger partial charge in [0.1, 0.15) is 11.6 Å². The lowest BCUT2D eigenvalue weighted by molar-refractivity contribution is -0.127. The van der Waals surface area contributed by atoms with Gasteiger partial charge in [-0.3, -0.25) is 9.89 Å². The first-order valence-electron chi connectivity index (χ1n) is 9.30. The van der Waals surface area contributed by atoms with E-state index in [0.717, 1.165) is 55.2 Å². The number of carbonyl (C=O) groups excluding carboxylic acids is 1. The van der Waals surface area contributed by atoms with Crippen molar-refractivity contribution in [2.24, 2.45) is 0 Å². The molecule has 6 nitrogen and oxygen atoms in total. The smallest absolute Gasteiger partial charge is 0.246 e. The van der Waals surface area contributed by atoms with Gasteiger partial charge in [0.2, 0.25) is 5.91 Å². The number of ether oxygens (including phenoxy) is 1. The molecule has 2 heterocycles. The van der Waals surface area contributed by atoms with Crippen molar-refractivity contribution < 1.29 is 9.53 Å². The molecule has 1 amide bonds. The number of aromatic amines is 1. The zero-order valence-electron chi connectivity index (χ0n) is 16.1. The number of aromatic nitrogens is 3. The van der Waals surface area contributed by atoms with E-state index in [9.17, 15) is 4.79 Å². The monoisotopic (exact) mass is 386 g/mol. The van der Waals surface area contributed by atoms with E-state index in [0.29, 0.717) is 10.7 Å². The number of carbonyl (C=O) groups is 1. The van der Waals surface area contributed by atoms with Gasteiger partial charge >= 0.3 is 0 Å². The molecule has 1 aliphatic heterocycles. The number of allylic oxidation sites excluding steroid dienone is 1. The Labute approximate surface area is 164 Å². The first-order valence-corrected chi connectivity index (χ1v) is 9.71. The van der Waals surface area contributed by atoms with Gasteiger partial charge < -0.3 is 14.2 Å². The van der Waals surface area contributed by atoms with E-state index in [1.165, 1.54) is 0 Å². The number of rotatable bonds is 5. The first-order chi connectivity index (χ1) is 13.0. The van der Waals surface area contributed by atoms with Crippen LogP contribution in [-0.2, 0) is 11.3 Å². The van der Waals surface area contributed by atoms with Crippen LogP contribution in [0.2, 0.25) is 0 Å². The molecule has 0 unspecified atom stereocenters. The molecule has 1 saturated heterocycles. The Morgan fingerprint density at radius 2 is 2.07 bits per heavy atom. The Bertz CT molecular complexity index is 891. The van der Waals surface area contributed by atoms with Crippen molar-refractivity contribution in [1.29, 1.82) is 0 Å². The Hall–Kier alpha value is -2.41. The topological polar surface area (TPSA) is 63.1 Å². The van der Waals surface area contributed by atoms with E-state index in [-0.39, 0.29) is 5.91 Å². The molecule has 0 aliphatic carbocycles. The molecule has 7 heteroatoms. The van der Waals surface area contributed by atoms with Crippen molar-refractivity contribution in [3.63, 3.8) is 0 Å². The minimum absolute atomic E-state index is 0.0474. The number of amides is 1. The van der Waals surface area contributed by atoms with Gasteiger partial charge in [-0.15, -0.1) is 0 Å². The molecule has 3 rings (SSSR count). The van der Waals surface area contributed by atoms with E-state index in [4.69, 9.17) is 17.0 Å². The van der Waals surface area contributed by atoms with Crippen molar-refractivity contribution in [3.05, 3.63) is 46.5 Å². The maximum Gasteiger partial charge on any atom is 0.246 e. The number of nitrogens with zero attached hydrogens (tertiary/aromatic N) is 3. The molecule has 2 aromatic rings. The van der Waals surface area contributed by atoms with Crippen molar-refractivity contribution in [2.45, 2.75) is 39.2 Å². The number of benzene rings is 1. The standard InChI is InChI=1S/C20H26N4O2S/c1-4-24-19(21-22-20(24)27)15-9-11-23(12-10-15)18(25)13-14(2)16-7-5-6-8-17(16)26-3/h5-8,13,15H,4,9-12H2,1-3H3,(H,22,27)/b14-13-. The molecule has 0 spiro atoms. The molecular weight excluding hydrogens is 360 g/mol. The van der Waals surface area contributed by atoms with Gasteiger partial charge in [0, 0.05) is 37.2 Å². The van der Waals surface area contributed by atoms with Crippen LogP contribution < -0.4 is 4.74 Å². The first kappa shape index (κ1) is 19.4. The zero-order valence-corrected chi connectivity index (χ0v) is 16.9. The third kappa shape index (κ3) is 4.13. The minimum Gasteiger partial charge on any atom is -0.496 e. The summed E-state index contributed by atoms with van der Waals surface area (Å²) in [5, 5.41) is 7.29. The average Bonchev–Trinajstić information content (AvgIpc) is 3.08. The Morgan fingerprint density at radius 3 is 2.74 bits per heavy atom. The highest BCUT2D eigenvalue weighted by Gasteiger charge is 2.26. The summed E-state index contributed by atoms with van der Waals surface area (Å²) in [7, 11) is 1.64. The van der Waals surface area contributed by atoms with Crippen LogP contribution in [-0.4, -0.2) is 45.8 Å². The van der Waals surface area contributed by atoms with Crippen LogP contribution in [0.15, 0.2) is 30.3 Å². The molecule has 0 bridgehead atoms. The lowest BCUT2D eigenvalue weighted by atomic mass is 9.95. The fourth-order valence-corrected chi connectivity index (χ4v) is 3.90. The lowest BCUT2D eigenvalue weighted by Gasteiger charge is -2.31. The van der Waals surface area contributed by atoms with Gasteiger partial charge in [0.25, 0.3) is 0 Å². The second kappa shape index (κ2) is 8.52. The number of piperidine rings is 1. The van der Waals surface area contributed by atoms with Crippen LogP contribution in [0.1, 0.15) is 44.0 Å². The van der Waals surface area contributed by atoms with E-state index in [1.54, 1.807) is 13.2 Å². The van der Waals surface area contributed by atoms with Gasteiger partial charge in [-0.25, -0.2) is 0 Å². The predicted molar refractivity (Wildman–Crippen MR) is 108 cm³/mol. The summed E-state index contributed by atoms with van der Waals surface area (Å²) in [6.45, 7) is 6.27. The van der Waals surface area contributed by atoms with E-state index in [1.807, 2.05) is 40.7 Å².